The van der Waals surface area contributed by atoms with Gasteiger partial charge in [-0.25, -0.2) is 13.4 Å². The van der Waals surface area contributed by atoms with Crippen molar-refractivity contribution in [2.75, 3.05) is 63.7 Å². The fourth-order valence-corrected chi connectivity index (χ4v) is 6.61. The van der Waals surface area contributed by atoms with Crippen molar-refractivity contribution < 1.29 is 17.9 Å². The van der Waals surface area contributed by atoms with Crippen LogP contribution >= 0.6 is 0 Å². The van der Waals surface area contributed by atoms with E-state index in [1.165, 1.54) is 0 Å². The fourth-order valence-electron chi connectivity index (χ4n) is 5.12. The van der Waals surface area contributed by atoms with Gasteiger partial charge >= 0.3 is 0 Å². The van der Waals surface area contributed by atoms with Gasteiger partial charge in [0, 0.05) is 68.2 Å². The van der Waals surface area contributed by atoms with Crippen LogP contribution in [0, 0.1) is 0 Å². The Kier molecular flexibility index (Phi) is 7.84. The third-order valence-electron chi connectivity index (χ3n) is 7.15. The third kappa shape index (κ3) is 5.54. The van der Waals surface area contributed by atoms with Gasteiger partial charge in [-0.15, -0.1) is 0 Å². The number of pyridine rings is 1. The lowest BCUT2D eigenvalue weighted by atomic mass is 10.0. The summed E-state index contributed by atoms with van der Waals surface area (Å²) in [5.41, 5.74) is 2.39. The number of sulfonamides is 1. The van der Waals surface area contributed by atoms with Gasteiger partial charge < -0.3 is 25.1 Å². The Morgan fingerprint density at radius 3 is 2.62 bits per heavy atom. The quantitative estimate of drug-likeness (QED) is 0.386. The average molecular weight is 529 g/mol. The van der Waals surface area contributed by atoms with Crippen LogP contribution in [0.2, 0.25) is 0 Å². The number of benzene rings is 1. The standard InChI is InChI=1S/C26H36N6O4S/c1-3-9-27-23-18-25(30-26-21(23)6-10-28-26)29-22-5-4-20(17-24(22)35-2)37(33,34)32-11-7-19(8-12-32)31-13-15-36-16-14-31/h4-6,10,17-19H,3,7-9,11-16H2,1-2H3,(H3,27,28,29,30). The third-order valence-corrected chi connectivity index (χ3v) is 9.05. The molecule has 1 aromatic carbocycles. The molecule has 0 bridgehead atoms. The van der Waals surface area contributed by atoms with E-state index in [-0.39, 0.29) is 4.90 Å². The molecule has 0 unspecified atom stereocenters. The first-order chi connectivity index (χ1) is 18.0. The molecule has 2 saturated heterocycles. The van der Waals surface area contributed by atoms with Crippen molar-refractivity contribution in [1.82, 2.24) is 19.2 Å². The Morgan fingerprint density at radius 1 is 1.11 bits per heavy atom. The first-order valence-electron chi connectivity index (χ1n) is 13.0. The molecule has 0 amide bonds. The number of aromatic nitrogens is 2. The lowest BCUT2D eigenvalue weighted by Crippen LogP contribution is -2.50. The largest absolute Gasteiger partial charge is 0.495 e. The molecule has 0 saturated carbocycles. The number of H-pyrrole nitrogens is 1. The van der Waals surface area contributed by atoms with Crippen molar-refractivity contribution in [2.45, 2.75) is 37.1 Å². The highest BCUT2D eigenvalue weighted by Crippen LogP contribution is 2.34. The molecule has 0 aliphatic carbocycles. The van der Waals surface area contributed by atoms with E-state index in [1.807, 2.05) is 18.3 Å². The van der Waals surface area contributed by atoms with Crippen LogP contribution in [0.25, 0.3) is 11.0 Å². The molecule has 2 aliphatic rings. The average Bonchev–Trinajstić information content (AvgIpc) is 3.41. The molecule has 3 N–H and O–H groups in total. The Morgan fingerprint density at radius 2 is 1.89 bits per heavy atom. The second-order valence-corrected chi connectivity index (χ2v) is 11.4. The van der Waals surface area contributed by atoms with Gasteiger partial charge in [0.1, 0.15) is 17.2 Å². The van der Waals surface area contributed by atoms with Gasteiger partial charge in [0.05, 0.1) is 30.9 Å². The molecular weight excluding hydrogens is 492 g/mol. The summed E-state index contributed by atoms with van der Waals surface area (Å²) in [4.78, 5) is 10.5. The molecule has 0 radical (unpaired) electrons. The van der Waals surface area contributed by atoms with Crippen molar-refractivity contribution >= 4 is 38.2 Å². The molecule has 5 rings (SSSR count). The van der Waals surface area contributed by atoms with E-state index < -0.39 is 10.0 Å². The van der Waals surface area contributed by atoms with Crippen molar-refractivity contribution in [3.63, 3.8) is 0 Å². The minimum Gasteiger partial charge on any atom is -0.495 e. The van der Waals surface area contributed by atoms with Crippen molar-refractivity contribution in [3.05, 3.63) is 36.5 Å². The number of morpholine rings is 1. The van der Waals surface area contributed by atoms with Crippen LogP contribution in [0.5, 0.6) is 5.75 Å². The molecule has 10 nitrogen and oxygen atoms in total. The molecule has 3 aromatic rings. The second-order valence-electron chi connectivity index (χ2n) is 9.49. The van der Waals surface area contributed by atoms with Crippen LogP contribution < -0.4 is 15.4 Å². The molecular formula is C26H36N6O4S. The maximum Gasteiger partial charge on any atom is 0.243 e. The van der Waals surface area contributed by atoms with Crippen molar-refractivity contribution in [3.8, 4) is 5.75 Å². The lowest BCUT2D eigenvalue weighted by molar-refractivity contribution is 0.00610. The van der Waals surface area contributed by atoms with E-state index in [1.54, 1.807) is 29.6 Å². The summed E-state index contributed by atoms with van der Waals surface area (Å²) in [5, 5.41) is 7.76. The summed E-state index contributed by atoms with van der Waals surface area (Å²) >= 11 is 0. The summed E-state index contributed by atoms with van der Waals surface area (Å²) in [6.07, 6.45) is 4.53. The number of ether oxygens (including phenoxy) is 2. The van der Waals surface area contributed by atoms with E-state index in [2.05, 4.69) is 32.4 Å². The van der Waals surface area contributed by atoms with E-state index in [0.29, 0.717) is 36.4 Å². The monoisotopic (exact) mass is 528 g/mol. The van der Waals surface area contributed by atoms with Crippen LogP contribution in [0.1, 0.15) is 26.2 Å². The Bertz CT molecular complexity index is 1310. The number of methoxy groups -OCH3 is 1. The number of nitrogens with one attached hydrogen (secondary N) is 3. The topological polar surface area (TPSA) is 112 Å². The van der Waals surface area contributed by atoms with E-state index >= 15 is 0 Å². The molecule has 37 heavy (non-hydrogen) atoms. The van der Waals surface area contributed by atoms with Crippen LogP contribution in [-0.4, -0.2) is 86.7 Å². The van der Waals surface area contributed by atoms with E-state index in [4.69, 9.17) is 9.47 Å². The summed E-state index contributed by atoms with van der Waals surface area (Å²) in [6.45, 7) is 7.35. The molecule has 0 atom stereocenters. The molecule has 11 heteroatoms. The summed E-state index contributed by atoms with van der Waals surface area (Å²) < 4.78 is 39.6. The highest BCUT2D eigenvalue weighted by Gasteiger charge is 2.32. The first kappa shape index (κ1) is 25.8. The first-order valence-corrected chi connectivity index (χ1v) is 14.4. The van der Waals surface area contributed by atoms with Crippen LogP contribution in [0.3, 0.4) is 0 Å². The predicted molar refractivity (Wildman–Crippen MR) is 145 cm³/mol. The maximum atomic E-state index is 13.5. The van der Waals surface area contributed by atoms with Gasteiger partial charge in [0.25, 0.3) is 0 Å². The molecule has 200 valence electrons. The van der Waals surface area contributed by atoms with Crippen LogP contribution in [0.15, 0.2) is 41.4 Å². The summed E-state index contributed by atoms with van der Waals surface area (Å²) in [6, 6.07) is 9.33. The normalized spacial score (nSPS) is 18.2. The maximum absolute atomic E-state index is 13.5. The van der Waals surface area contributed by atoms with E-state index in [0.717, 1.165) is 68.8 Å². The zero-order chi connectivity index (χ0) is 25.8. The Balaban J connectivity index is 1.32. The number of hydrogen-bond donors (Lipinski definition) is 3. The summed E-state index contributed by atoms with van der Waals surface area (Å²) in [5.74, 6) is 1.08. The SMILES string of the molecule is CCCNc1cc(Nc2ccc(S(=O)(=O)N3CCC(N4CCOCC4)CC3)cc2OC)nc2[nH]ccc12. The van der Waals surface area contributed by atoms with Gasteiger partial charge in [-0.3, -0.25) is 4.90 Å². The number of fused-ring (bicyclic) bond motifs is 1. The van der Waals surface area contributed by atoms with Crippen molar-refractivity contribution in [2.24, 2.45) is 0 Å². The predicted octanol–water partition coefficient (Wildman–Crippen LogP) is 3.62. The number of hydrogen-bond acceptors (Lipinski definition) is 8. The lowest BCUT2D eigenvalue weighted by Gasteiger charge is -2.39. The zero-order valence-corrected chi connectivity index (χ0v) is 22.3. The van der Waals surface area contributed by atoms with Gasteiger partial charge in [-0.05, 0) is 37.5 Å². The van der Waals surface area contributed by atoms with Gasteiger partial charge in [-0.1, -0.05) is 6.92 Å². The van der Waals surface area contributed by atoms with Crippen molar-refractivity contribution in [1.29, 1.82) is 0 Å². The van der Waals surface area contributed by atoms with Gasteiger partial charge in [-0.2, -0.15) is 4.31 Å². The molecule has 4 heterocycles. The number of rotatable bonds is 9. The zero-order valence-electron chi connectivity index (χ0n) is 21.5. The molecule has 2 aliphatic heterocycles. The van der Waals surface area contributed by atoms with E-state index in [9.17, 15) is 8.42 Å². The number of anilines is 3. The highest BCUT2D eigenvalue weighted by molar-refractivity contribution is 7.89. The second kappa shape index (κ2) is 11.3. The van der Waals surface area contributed by atoms with Crippen LogP contribution in [-0.2, 0) is 14.8 Å². The minimum atomic E-state index is -3.62. The minimum absolute atomic E-state index is 0.234. The molecule has 0 spiro atoms. The summed E-state index contributed by atoms with van der Waals surface area (Å²) in [7, 11) is -2.08. The highest BCUT2D eigenvalue weighted by atomic mass is 32.2. The van der Waals surface area contributed by atoms with Gasteiger partial charge in [0.15, 0.2) is 0 Å². The van der Waals surface area contributed by atoms with Crippen LogP contribution in [0.4, 0.5) is 17.2 Å². The Hall–Kier alpha value is -2.86. The smallest absolute Gasteiger partial charge is 0.243 e. The fraction of sp³-hybridized carbons (Fsp3) is 0.500. The Labute approximate surface area is 218 Å². The number of aromatic amines is 1. The molecule has 2 fully saturated rings. The number of piperidine rings is 1. The number of nitrogens with zero attached hydrogens (tertiary/aromatic N) is 3. The van der Waals surface area contributed by atoms with Gasteiger partial charge in [0.2, 0.25) is 10.0 Å². The molecule has 2 aromatic heterocycles.